The van der Waals surface area contributed by atoms with Crippen LogP contribution < -0.4 is 21.0 Å². The predicted octanol–water partition coefficient (Wildman–Crippen LogP) is 11.5. The maximum atomic E-state index is 12.9. The fraction of sp³-hybridized carbons (Fsp3) is 0.234. The quantitative estimate of drug-likeness (QED) is 0.0219. The van der Waals surface area contributed by atoms with Gasteiger partial charge in [-0.05, 0) is 108 Å². The number of aromatic nitrogens is 10. The molecule has 31 heteroatoms. The molecule has 0 spiro atoms. The van der Waals surface area contributed by atoms with E-state index >= 15 is 0 Å². The number of aromatic amines is 1. The molecule has 0 aliphatic heterocycles. The fourth-order valence-corrected chi connectivity index (χ4v) is 11.8. The van der Waals surface area contributed by atoms with Gasteiger partial charge in [-0.25, -0.2) is 34.2 Å². The van der Waals surface area contributed by atoms with Crippen LogP contribution in [0.4, 0.5) is 5.69 Å². The number of hydrazone groups is 3. The van der Waals surface area contributed by atoms with Gasteiger partial charge in [-0.1, -0.05) is 178 Å². The largest absolute Gasteiger partial charge is 0.504 e. The predicted molar refractivity (Wildman–Crippen MR) is 408 cm³/mol. The number of hydrogen-bond donors (Lipinski definition) is 9. The molecule has 0 saturated heterocycles. The average molecular weight is 1480 g/mol. The summed E-state index contributed by atoms with van der Waals surface area (Å²) in [5, 5.41) is 92.6. The third-order valence-electron chi connectivity index (χ3n) is 17.1. The molecule has 558 valence electrons. The number of benzene rings is 7. The third-order valence-corrected chi connectivity index (χ3v) is 18.6. The first-order valence-corrected chi connectivity index (χ1v) is 35.0. The number of nitrogens with one attached hydrogen (secondary N) is 5. The minimum atomic E-state index is -3.63. The summed E-state index contributed by atoms with van der Waals surface area (Å²) in [5.41, 5.74) is 16.8. The number of hydrogen-bond acceptors (Lipinski definition) is 20. The number of nitro groups is 1. The molecular formula is C77H82N18O12S. The van der Waals surface area contributed by atoms with Crippen LogP contribution in [0, 0.1) is 10.1 Å². The second-order valence-electron chi connectivity index (χ2n) is 27.9. The molecule has 7 aromatic carbocycles. The summed E-state index contributed by atoms with van der Waals surface area (Å²) in [6, 6.07) is 48.0. The van der Waals surface area contributed by atoms with Crippen molar-refractivity contribution in [2.45, 2.75) is 97.3 Å². The molecule has 0 saturated carbocycles. The third kappa shape index (κ3) is 18.3. The van der Waals surface area contributed by atoms with E-state index in [1.807, 2.05) is 91.0 Å². The van der Waals surface area contributed by atoms with Crippen LogP contribution in [0.2, 0.25) is 0 Å². The highest BCUT2D eigenvalue weighted by Crippen LogP contribution is 2.38. The Kier molecular flexibility index (Phi) is 23.7. The molecule has 108 heavy (non-hydrogen) atoms. The zero-order valence-electron chi connectivity index (χ0n) is 61.9. The van der Waals surface area contributed by atoms with Gasteiger partial charge < -0.3 is 20.4 Å². The van der Waals surface area contributed by atoms with Crippen molar-refractivity contribution in [1.82, 2.24) is 71.0 Å². The molecule has 0 unspecified atom stereocenters. The van der Waals surface area contributed by atoms with Crippen LogP contribution in [-0.4, -0.2) is 132 Å². The number of carboxylic acid groups (broad SMARTS) is 1. The van der Waals surface area contributed by atoms with E-state index in [-0.39, 0.29) is 72.3 Å². The van der Waals surface area contributed by atoms with Gasteiger partial charge in [0.15, 0.2) is 34.3 Å². The lowest BCUT2D eigenvalue weighted by Crippen LogP contribution is -2.22. The van der Waals surface area contributed by atoms with E-state index in [2.05, 4.69) is 135 Å². The molecule has 0 fully saturated rings. The Morgan fingerprint density at radius 3 is 1.25 bits per heavy atom. The summed E-state index contributed by atoms with van der Waals surface area (Å²) >= 11 is 0. The lowest BCUT2D eigenvalue weighted by molar-refractivity contribution is -0.385. The van der Waals surface area contributed by atoms with Crippen LogP contribution in [0.5, 0.6) is 17.2 Å². The average Bonchev–Trinajstić information content (AvgIpc) is 1.63. The number of nitrogens with zero attached hydrogens (tertiary/aromatic N) is 13. The number of H-pyrrole nitrogens is 1. The Balaban J connectivity index is 0.000000187. The van der Waals surface area contributed by atoms with Gasteiger partial charge in [0.2, 0.25) is 15.8 Å². The van der Waals surface area contributed by atoms with Crippen LogP contribution >= 0.6 is 0 Å². The first-order chi connectivity index (χ1) is 50.9. The van der Waals surface area contributed by atoms with Gasteiger partial charge in [0.1, 0.15) is 28.4 Å². The van der Waals surface area contributed by atoms with Gasteiger partial charge in [-0.3, -0.25) is 38.5 Å². The van der Waals surface area contributed by atoms with Crippen molar-refractivity contribution in [2.75, 3.05) is 7.05 Å². The Morgan fingerprint density at radius 2 is 0.870 bits per heavy atom. The Morgan fingerprint density at radius 1 is 0.500 bits per heavy atom. The molecule has 4 aromatic heterocycles. The number of carbonyl (C=O) groups is 4. The minimum absolute atomic E-state index is 0.00553. The van der Waals surface area contributed by atoms with E-state index in [1.165, 1.54) is 54.0 Å². The van der Waals surface area contributed by atoms with Crippen LogP contribution in [0.1, 0.15) is 157 Å². The van der Waals surface area contributed by atoms with Crippen LogP contribution in [0.3, 0.4) is 0 Å². The summed E-state index contributed by atoms with van der Waals surface area (Å²) in [7, 11) is 2.85. The first-order valence-electron chi connectivity index (χ1n) is 33.5. The van der Waals surface area contributed by atoms with E-state index in [0.29, 0.717) is 45.4 Å². The highest BCUT2D eigenvalue weighted by atomic mass is 32.2. The molecule has 11 rings (SSSR count). The highest BCUT2D eigenvalue weighted by molar-refractivity contribution is 7.89. The minimum Gasteiger partial charge on any atom is -0.504 e. The first kappa shape index (κ1) is 79.0. The monoisotopic (exact) mass is 1480 g/mol. The topological polar surface area (TPSA) is 420 Å². The van der Waals surface area contributed by atoms with Crippen LogP contribution in [-0.2, 0) is 47.4 Å². The lowest BCUT2D eigenvalue weighted by Gasteiger charge is -2.19. The SMILES string of the molecule is C/C(=N\NC(=O)c1ccc(-c2nn[nH]n2)cc1)c1nn(C)c(-c2ccc(C(C)(C)C)cc2)c1O.C/C(=N\NC(=O)c1ccc(C(=O)O)c([N+](=O)[O-])c1)c1nn(C)c(-c2ccc(C(C)(C)C)cc2)c1O.CNS(=O)(=O)c1ccc(C(=O)N/N=C(\c2ccccc2)c2nn(C)c(-c3ccc(C(C)(C)C)cc3)c2O)cc1. The van der Waals surface area contributed by atoms with Crippen molar-refractivity contribution < 1.29 is 52.9 Å². The summed E-state index contributed by atoms with van der Waals surface area (Å²) in [6.45, 7) is 22.4. The molecule has 0 aliphatic carbocycles. The Labute approximate surface area is 622 Å². The van der Waals surface area contributed by atoms with Crippen LogP contribution in [0.25, 0.3) is 45.2 Å². The fourth-order valence-electron chi connectivity index (χ4n) is 11.0. The smallest absolute Gasteiger partial charge is 0.342 e. The number of aryl methyl sites for hydroxylation is 3. The number of nitro benzene ring substituents is 1. The van der Waals surface area contributed by atoms with E-state index in [4.69, 9.17) is 5.11 Å². The second kappa shape index (κ2) is 32.5. The number of rotatable bonds is 18. The summed E-state index contributed by atoms with van der Waals surface area (Å²) in [5.74, 6) is -2.96. The molecular weight excluding hydrogens is 1400 g/mol. The molecule has 4 heterocycles. The number of sulfonamides is 1. The van der Waals surface area contributed by atoms with Gasteiger partial charge in [0.25, 0.3) is 23.4 Å². The normalized spacial score (nSPS) is 12.1. The van der Waals surface area contributed by atoms with Crippen LogP contribution in [0.15, 0.2) is 190 Å². The number of carboxylic acids is 1. The number of amides is 3. The maximum Gasteiger partial charge on any atom is 0.342 e. The molecule has 9 N–H and O–H groups in total. The van der Waals surface area contributed by atoms with Crippen molar-refractivity contribution in [3.63, 3.8) is 0 Å². The van der Waals surface area contributed by atoms with Crippen molar-refractivity contribution >= 4 is 56.5 Å². The summed E-state index contributed by atoms with van der Waals surface area (Å²) < 4.78 is 30.9. The molecule has 0 aliphatic rings. The van der Waals surface area contributed by atoms with E-state index in [1.54, 1.807) is 73.8 Å². The van der Waals surface area contributed by atoms with E-state index < -0.39 is 49.9 Å². The van der Waals surface area contributed by atoms with Gasteiger partial charge in [0.05, 0.1) is 21.2 Å². The zero-order valence-corrected chi connectivity index (χ0v) is 62.8. The van der Waals surface area contributed by atoms with Gasteiger partial charge in [0, 0.05) is 71.7 Å². The molecule has 11 aromatic rings. The van der Waals surface area contributed by atoms with Crippen molar-refractivity contribution in [3.8, 4) is 62.4 Å². The molecule has 0 atom stereocenters. The number of aromatic carboxylic acids is 1. The standard InChI is InChI=1S/C29H31N5O4S.C24H26N8O2.C24H25N5O6/c1-29(2,3)22-15-11-20(12-16-22)26-27(35)25(33-34(26)5)24(19-9-7-6-8-10-19)31-32-28(36)21-13-17-23(18-14-21)39(37,38)30-4;1-14(25-28-23(34)17-8-6-16(7-9-17)22-26-30-31-27-22)19-21(33)20(32(5)29-19)15-10-12-18(13-11-15)24(2,3)4;1-13(25-26-22(31)15-8-11-17(23(32)33)18(12-15)29(34)35)19-21(30)20(28(5)27-19)14-6-9-16(10-7-14)24(2,3)4/h6-18,30,35H,1-5H3,(H,32,36);6-13,33H,1-5H3,(H,28,34)(H,26,27,30,31);6-12,30H,1-5H3,(H,26,31)(H,32,33)/b31-24+;25-14+;25-13+. The summed E-state index contributed by atoms with van der Waals surface area (Å²) in [4.78, 5) is 59.3. The van der Waals surface area contributed by atoms with Gasteiger partial charge in [-0.2, -0.15) is 35.8 Å². The van der Waals surface area contributed by atoms with E-state index in [0.717, 1.165) is 46.0 Å². The molecule has 0 bridgehead atoms. The van der Waals surface area contributed by atoms with Crippen molar-refractivity contribution in [1.29, 1.82) is 0 Å². The molecule has 30 nitrogen and oxygen atoms in total. The maximum absolute atomic E-state index is 12.9. The molecule has 0 radical (unpaired) electrons. The lowest BCUT2D eigenvalue weighted by atomic mass is 9.86. The van der Waals surface area contributed by atoms with Gasteiger partial charge >= 0.3 is 5.97 Å². The summed E-state index contributed by atoms with van der Waals surface area (Å²) in [6.07, 6.45) is 0. The number of tetrazole rings is 1. The highest BCUT2D eigenvalue weighted by Gasteiger charge is 2.28. The second-order valence-corrected chi connectivity index (χ2v) is 29.8. The Hall–Kier alpha value is -13.2. The van der Waals surface area contributed by atoms with Crippen molar-refractivity contribution in [3.05, 3.63) is 242 Å². The number of carbonyl (C=O) groups excluding carboxylic acids is 3. The number of aromatic hydroxyl groups is 3. The van der Waals surface area contributed by atoms with E-state index in [9.17, 15) is 53.0 Å². The van der Waals surface area contributed by atoms with Crippen molar-refractivity contribution in [2.24, 2.45) is 36.4 Å². The Bertz CT molecular complexity index is 5360. The van der Waals surface area contributed by atoms with Gasteiger partial charge in [-0.15, -0.1) is 10.2 Å². The zero-order chi connectivity index (χ0) is 78.9. The molecule has 3 amide bonds.